The molecule has 5 nitrogen and oxygen atoms in total. The Morgan fingerprint density at radius 2 is 2.08 bits per heavy atom. The van der Waals surface area contributed by atoms with E-state index >= 15 is 0 Å². The number of nitrogens with zero attached hydrogens (tertiary/aromatic N) is 2. The fourth-order valence-electron chi connectivity index (χ4n) is 3.09. The van der Waals surface area contributed by atoms with Crippen LogP contribution in [0.2, 0.25) is 5.02 Å². The van der Waals surface area contributed by atoms with Crippen molar-refractivity contribution in [2.45, 2.75) is 32.8 Å². The Morgan fingerprint density at radius 3 is 2.73 bits per heavy atom. The molecule has 7 heteroatoms. The Labute approximate surface area is 179 Å². The number of hydrogen-bond acceptors (Lipinski definition) is 3. The number of halogens is 2. The molecule has 1 saturated heterocycles. The standard InChI is InChI=1S/C19H31ClN4O.HI/c1-4-24-11-5-6-16(14-24)13-23-19(21-3)22-12-15(2)25-18-9-7-17(20)8-10-18;/h7-10,15-16H,4-6,11-14H2,1-3H3,(H2,21,22,23);1H. The van der Waals surface area contributed by atoms with Gasteiger partial charge in [-0.25, -0.2) is 0 Å². The van der Waals surface area contributed by atoms with E-state index in [1.165, 1.54) is 25.9 Å². The molecule has 2 N–H and O–H groups in total. The molecule has 148 valence electrons. The quantitative estimate of drug-likeness (QED) is 0.345. The zero-order valence-electron chi connectivity index (χ0n) is 16.0. The van der Waals surface area contributed by atoms with Crippen LogP contribution in [0.4, 0.5) is 0 Å². The maximum atomic E-state index is 5.89. The minimum Gasteiger partial charge on any atom is -0.489 e. The van der Waals surface area contributed by atoms with E-state index in [1.807, 2.05) is 31.2 Å². The van der Waals surface area contributed by atoms with Crippen molar-refractivity contribution in [3.63, 3.8) is 0 Å². The second kappa shape index (κ2) is 12.6. The molecule has 0 spiro atoms. The highest BCUT2D eigenvalue weighted by Gasteiger charge is 2.18. The number of likely N-dealkylation sites (tertiary alicyclic amines) is 1. The van der Waals surface area contributed by atoms with Gasteiger partial charge in [0.05, 0.1) is 6.54 Å². The summed E-state index contributed by atoms with van der Waals surface area (Å²) in [4.78, 5) is 6.83. The van der Waals surface area contributed by atoms with E-state index in [-0.39, 0.29) is 30.1 Å². The molecule has 1 aliphatic heterocycles. The zero-order valence-corrected chi connectivity index (χ0v) is 19.1. The fraction of sp³-hybridized carbons (Fsp3) is 0.632. The molecule has 0 amide bonds. The van der Waals surface area contributed by atoms with Crippen LogP contribution in [0.25, 0.3) is 0 Å². The first kappa shape index (κ1) is 23.3. The summed E-state index contributed by atoms with van der Waals surface area (Å²) in [7, 11) is 1.80. The van der Waals surface area contributed by atoms with Crippen LogP contribution in [0.15, 0.2) is 29.3 Å². The molecular formula is C19H32ClIN4O. The van der Waals surface area contributed by atoms with Crippen molar-refractivity contribution in [2.24, 2.45) is 10.9 Å². The topological polar surface area (TPSA) is 48.9 Å². The van der Waals surface area contributed by atoms with Crippen LogP contribution in [-0.2, 0) is 0 Å². The van der Waals surface area contributed by atoms with Crippen LogP contribution in [0.3, 0.4) is 0 Å². The van der Waals surface area contributed by atoms with E-state index < -0.39 is 0 Å². The summed E-state index contributed by atoms with van der Waals surface area (Å²) in [6.07, 6.45) is 2.61. The number of ether oxygens (including phenoxy) is 1. The number of rotatable bonds is 7. The Balaban J connectivity index is 0.00000338. The number of nitrogens with one attached hydrogen (secondary N) is 2. The van der Waals surface area contributed by atoms with Crippen LogP contribution in [0, 0.1) is 5.92 Å². The monoisotopic (exact) mass is 494 g/mol. The first-order valence-electron chi connectivity index (χ1n) is 9.19. The van der Waals surface area contributed by atoms with Crippen LogP contribution in [0.5, 0.6) is 5.75 Å². The SMILES string of the molecule is CCN1CCCC(CNC(=NC)NCC(C)Oc2ccc(Cl)cc2)C1.I. The molecule has 0 aliphatic carbocycles. The lowest BCUT2D eigenvalue weighted by Gasteiger charge is -2.32. The van der Waals surface area contributed by atoms with Crippen molar-refractivity contribution in [1.82, 2.24) is 15.5 Å². The number of aliphatic imine (C=N–C) groups is 1. The van der Waals surface area contributed by atoms with Gasteiger partial charge in [0.2, 0.25) is 0 Å². The van der Waals surface area contributed by atoms with Crippen LogP contribution >= 0.6 is 35.6 Å². The minimum absolute atomic E-state index is 0. The summed E-state index contributed by atoms with van der Waals surface area (Å²) >= 11 is 5.89. The van der Waals surface area contributed by atoms with E-state index in [2.05, 4.69) is 27.4 Å². The summed E-state index contributed by atoms with van der Waals surface area (Å²) in [5, 5.41) is 7.50. The van der Waals surface area contributed by atoms with Crippen LogP contribution in [0.1, 0.15) is 26.7 Å². The molecule has 1 heterocycles. The lowest BCUT2D eigenvalue weighted by Crippen LogP contribution is -2.46. The van der Waals surface area contributed by atoms with E-state index in [0.29, 0.717) is 17.5 Å². The molecule has 0 saturated carbocycles. The van der Waals surface area contributed by atoms with Crippen molar-refractivity contribution < 1.29 is 4.74 Å². The van der Waals surface area contributed by atoms with Gasteiger partial charge in [-0.05, 0) is 63.0 Å². The highest BCUT2D eigenvalue weighted by atomic mass is 127. The van der Waals surface area contributed by atoms with E-state index in [4.69, 9.17) is 16.3 Å². The van der Waals surface area contributed by atoms with Gasteiger partial charge >= 0.3 is 0 Å². The van der Waals surface area contributed by atoms with Gasteiger partial charge in [0.25, 0.3) is 0 Å². The molecule has 1 aromatic rings. The molecule has 2 rings (SSSR count). The zero-order chi connectivity index (χ0) is 18.1. The second-order valence-corrected chi connectivity index (χ2v) is 7.05. The summed E-state index contributed by atoms with van der Waals surface area (Å²) in [6, 6.07) is 7.44. The third-order valence-electron chi connectivity index (χ3n) is 4.54. The predicted molar refractivity (Wildman–Crippen MR) is 121 cm³/mol. The predicted octanol–water partition coefficient (Wildman–Crippen LogP) is 3.62. The Morgan fingerprint density at radius 1 is 1.35 bits per heavy atom. The van der Waals surface area contributed by atoms with Crippen molar-refractivity contribution >= 4 is 41.5 Å². The smallest absolute Gasteiger partial charge is 0.191 e. The van der Waals surface area contributed by atoms with Gasteiger partial charge in [-0.15, -0.1) is 24.0 Å². The maximum absolute atomic E-state index is 5.89. The van der Waals surface area contributed by atoms with Crippen molar-refractivity contribution in [2.75, 3.05) is 39.8 Å². The number of guanidine groups is 1. The molecule has 26 heavy (non-hydrogen) atoms. The summed E-state index contributed by atoms with van der Waals surface area (Å²) in [5.74, 6) is 2.35. The lowest BCUT2D eigenvalue weighted by atomic mass is 9.98. The average Bonchev–Trinajstić information content (AvgIpc) is 2.64. The van der Waals surface area contributed by atoms with Gasteiger partial charge in [-0.1, -0.05) is 18.5 Å². The van der Waals surface area contributed by atoms with Crippen LogP contribution in [-0.4, -0.2) is 56.7 Å². The normalized spacial score (nSPS) is 19.4. The molecular weight excluding hydrogens is 463 g/mol. The van der Waals surface area contributed by atoms with Crippen molar-refractivity contribution in [3.8, 4) is 5.75 Å². The molecule has 1 aliphatic rings. The molecule has 1 aromatic carbocycles. The second-order valence-electron chi connectivity index (χ2n) is 6.62. The molecule has 2 atom stereocenters. The fourth-order valence-corrected chi connectivity index (χ4v) is 3.22. The van der Waals surface area contributed by atoms with Crippen molar-refractivity contribution in [3.05, 3.63) is 29.3 Å². The first-order chi connectivity index (χ1) is 12.1. The maximum Gasteiger partial charge on any atom is 0.191 e. The molecule has 0 radical (unpaired) electrons. The largest absolute Gasteiger partial charge is 0.489 e. The molecule has 0 aromatic heterocycles. The highest BCUT2D eigenvalue weighted by molar-refractivity contribution is 14.0. The summed E-state index contributed by atoms with van der Waals surface area (Å²) in [5.41, 5.74) is 0. The van der Waals surface area contributed by atoms with Gasteiger partial charge < -0.3 is 20.3 Å². The summed E-state index contributed by atoms with van der Waals surface area (Å²) in [6.45, 7) is 9.48. The van der Waals surface area contributed by atoms with Gasteiger partial charge in [-0.3, -0.25) is 4.99 Å². The first-order valence-corrected chi connectivity index (χ1v) is 9.57. The molecule has 0 bridgehead atoms. The number of piperidine rings is 1. The third-order valence-corrected chi connectivity index (χ3v) is 4.79. The van der Waals surface area contributed by atoms with E-state index in [1.54, 1.807) is 7.05 Å². The van der Waals surface area contributed by atoms with Gasteiger partial charge in [0, 0.05) is 25.2 Å². The molecule has 2 unspecified atom stereocenters. The minimum atomic E-state index is 0. The number of hydrogen-bond donors (Lipinski definition) is 2. The van der Waals surface area contributed by atoms with Crippen molar-refractivity contribution in [1.29, 1.82) is 0 Å². The van der Waals surface area contributed by atoms with E-state index in [9.17, 15) is 0 Å². The third kappa shape index (κ3) is 8.31. The summed E-state index contributed by atoms with van der Waals surface area (Å²) < 4.78 is 5.88. The van der Waals surface area contributed by atoms with Gasteiger partial charge in [0.15, 0.2) is 5.96 Å². The Hall–Kier alpha value is -0.730. The van der Waals surface area contributed by atoms with Crippen LogP contribution < -0.4 is 15.4 Å². The Bertz CT molecular complexity index is 541. The van der Waals surface area contributed by atoms with Gasteiger partial charge in [-0.2, -0.15) is 0 Å². The molecule has 1 fully saturated rings. The number of benzene rings is 1. The highest BCUT2D eigenvalue weighted by Crippen LogP contribution is 2.17. The van der Waals surface area contributed by atoms with E-state index in [0.717, 1.165) is 24.8 Å². The Kier molecular flexibility index (Phi) is 11.3. The van der Waals surface area contributed by atoms with Gasteiger partial charge in [0.1, 0.15) is 11.9 Å². The average molecular weight is 495 g/mol. The lowest BCUT2D eigenvalue weighted by molar-refractivity contribution is 0.183.